The number of ether oxygens (including phenoxy) is 1. The van der Waals surface area contributed by atoms with Gasteiger partial charge in [-0.05, 0) is 85.5 Å². The molecule has 0 atom stereocenters. The number of aryl methyl sites for hydroxylation is 1. The Hall–Kier alpha value is -4.27. The zero-order valence-electron chi connectivity index (χ0n) is 22.9. The minimum absolute atomic E-state index is 0.221. The fourth-order valence-electron chi connectivity index (χ4n) is 4.49. The van der Waals surface area contributed by atoms with Gasteiger partial charge in [0.05, 0.1) is 16.8 Å². The van der Waals surface area contributed by atoms with Crippen molar-refractivity contribution < 1.29 is 4.74 Å². The minimum Gasteiger partial charge on any atom is -0.493 e. The molecule has 9 heteroatoms. The lowest BCUT2D eigenvalue weighted by atomic mass is 10.0. The zero-order chi connectivity index (χ0) is 28.5. The van der Waals surface area contributed by atoms with Crippen molar-refractivity contribution in [3.63, 3.8) is 0 Å². The molecule has 0 saturated heterocycles. The largest absolute Gasteiger partial charge is 0.493 e. The normalized spacial score (nSPS) is 12.1. The third kappa shape index (κ3) is 5.66. The van der Waals surface area contributed by atoms with Crippen molar-refractivity contribution in [1.82, 2.24) is 24.4 Å². The molecular formula is C32H28ClN5O2S. The van der Waals surface area contributed by atoms with Gasteiger partial charge in [-0.3, -0.25) is 4.79 Å². The van der Waals surface area contributed by atoms with Crippen LogP contribution in [0.5, 0.6) is 5.75 Å². The lowest BCUT2D eigenvalue weighted by Gasteiger charge is -2.11. The Morgan fingerprint density at radius 1 is 1.00 bits per heavy atom. The van der Waals surface area contributed by atoms with Crippen LogP contribution in [0.1, 0.15) is 31.4 Å². The lowest BCUT2D eigenvalue weighted by molar-refractivity contribution is 0.288. The molecule has 0 spiro atoms. The van der Waals surface area contributed by atoms with Gasteiger partial charge in [-0.25, -0.2) is 4.68 Å². The molecule has 0 fully saturated rings. The first-order valence-electron chi connectivity index (χ1n) is 13.4. The molecule has 0 aliphatic rings. The molecule has 0 aliphatic carbocycles. The first-order valence-corrected chi connectivity index (χ1v) is 14.6. The van der Waals surface area contributed by atoms with Gasteiger partial charge < -0.3 is 4.74 Å². The predicted octanol–water partition coefficient (Wildman–Crippen LogP) is 6.61. The lowest BCUT2D eigenvalue weighted by Crippen LogP contribution is -2.23. The first kappa shape index (κ1) is 26.9. The number of fused-ring (bicyclic) bond motifs is 1. The highest BCUT2D eigenvalue weighted by Gasteiger charge is 2.16. The quantitative estimate of drug-likeness (QED) is 0.202. The maximum atomic E-state index is 13.4. The topological polar surface area (TPSA) is 74.3 Å². The molecule has 6 rings (SSSR count). The van der Waals surface area contributed by atoms with E-state index in [4.69, 9.17) is 21.4 Å². The van der Waals surface area contributed by atoms with Crippen LogP contribution in [0.15, 0.2) is 83.8 Å². The van der Waals surface area contributed by atoms with E-state index in [1.54, 1.807) is 12.1 Å². The number of para-hydroxylation sites is 1. The second-order valence-corrected chi connectivity index (χ2v) is 11.7. The number of benzene rings is 3. The molecule has 0 radical (unpaired) electrons. The van der Waals surface area contributed by atoms with Gasteiger partial charge in [-0.15, -0.1) is 5.10 Å². The number of halogens is 1. The monoisotopic (exact) mass is 581 g/mol. The Labute approximate surface area is 246 Å². The SMILES string of the molecule is Cc1cc(-c2nn(-c3ccccc3)cc2/C=c2\sc3nc(-c4ccc(Cl)cc4)nn3c2=O)ccc1OCCC(C)C. The maximum absolute atomic E-state index is 13.4. The first-order chi connectivity index (χ1) is 19.9. The van der Waals surface area contributed by atoms with Gasteiger partial charge in [-0.1, -0.05) is 55.0 Å². The fourth-order valence-corrected chi connectivity index (χ4v) is 5.51. The molecule has 0 N–H and O–H groups in total. The van der Waals surface area contributed by atoms with Crippen molar-refractivity contribution >= 4 is 34.0 Å². The van der Waals surface area contributed by atoms with Crippen molar-refractivity contribution in [3.8, 4) is 34.1 Å². The van der Waals surface area contributed by atoms with Gasteiger partial charge in [-0.2, -0.15) is 14.6 Å². The van der Waals surface area contributed by atoms with Gasteiger partial charge in [0, 0.05) is 27.9 Å². The maximum Gasteiger partial charge on any atom is 0.291 e. The Kier molecular flexibility index (Phi) is 7.43. The van der Waals surface area contributed by atoms with Crippen LogP contribution in [-0.4, -0.2) is 31.0 Å². The van der Waals surface area contributed by atoms with E-state index in [0.717, 1.165) is 45.8 Å². The van der Waals surface area contributed by atoms with E-state index in [2.05, 4.69) is 30.0 Å². The Morgan fingerprint density at radius 3 is 2.46 bits per heavy atom. The molecular weight excluding hydrogens is 554 g/mol. The van der Waals surface area contributed by atoms with Gasteiger partial charge in [0.15, 0.2) is 5.82 Å². The summed E-state index contributed by atoms with van der Waals surface area (Å²) in [5, 5.41) is 10.0. The van der Waals surface area contributed by atoms with Crippen LogP contribution in [0.2, 0.25) is 5.02 Å². The summed E-state index contributed by atoms with van der Waals surface area (Å²) in [5.41, 5.74) is 5.07. The van der Waals surface area contributed by atoms with E-state index < -0.39 is 0 Å². The standard InChI is InChI=1S/C32H28ClN5O2S/c1-20(2)15-16-40-27-14-11-23(17-21(27)3)29-24(19-37(35-29)26-7-5-4-6-8-26)18-28-31(39)38-32(41-28)34-30(36-38)22-9-12-25(33)13-10-22/h4-14,17-20H,15-16H2,1-3H3/b28-18-. The Bertz CT molecular complexity index is 1940. The number of aromatic nitrogens is 5. The molecule has 3 aromatic carbocycles. The molecule has 3 aromatic heterocycles. The molecule has 206 valence electrons. The van der Waals surface area contributed by atoms with Crippen LogP contribution in [-0.2, 0) is 0 Å². The van der Waals surface area contributed by atoms with Crippen LogP contribution in [0.4, 0.5) is 0 Å². The van der Waals surface area contributed by atoms with Crippen molar-refractivity contribution in [1.29, 1.82) is 0 Å². The molecule has 0 bridgehead atoms. The van der Waals surface area contributed by atoms with Crippen LogP contribution in [0, 0.1) is 12.8 Å². The van der Waals surface area contributed by atoms with Crippen molar-refractivity contribution in [2.45, 2.75) is 27.2 Å². The highest BCUT2D eigenvalue weighted by Crippen LogP contribution is 2.29. The van der Waals surface area contributed by atoms with E-state index in [9.17, 15) is 4.79 Å². The summed E-state index contributed by atoms with van der Waals surface area (Å²) >= 11 is 7.31. The molecule has 7 nitrogen and oxygen atoms in total. The van der Waals surface area contributed by atoms with E-state index >= 15 is 0 Å². The van der Waals surface area contributed by atoms with Gasteiger partial charge >= 0.3 is 0 Å². The molecule has 0 aliphatic heterocycles. The van der Waals surface area contributed by atoms with E-state index in [0.29, 0.717) is 32.9 Å². The summed E-state index contributed by atoms with van der Waals surface area (Å²) in [6, 6.07) is 23.3. The second-order valence-electron chi connectivity index (χ2n) is 10.3. The highest BCUT2D eigenvalue weighted by molar-refractivity contribution is 7.15. The van der Waals surface area contributed by atoms with Crippen LogP contribution in [0.25, 0.3) is 39.4 Å². The van der Waals surface area contributed by atoms with Crippen LogP contribution in [0.3, 0.4) is 0 Å². The fraction of sp³-hybridized carbons (Fsp3) is 0.188. The van der Waals surface area contributed by atoms with Gasteiger partial charge in [0.2, 0.25) is 4.96 Å². The average molecular weight is 582 g/mol. The smallest absolute Gasteiger partial charge is 0.291 e. The van der Waals surface area contributed by atoms with Crippen molar-refractivity contribution in [3.05, 3.63) is 110 Å². The summed E-state index contributed by atoms with van der Waals surface area (Å²) in [5.74, 6) is 1.94. The van der Waals surface area contributed by atoms with E-state index in [-0.39, 0.29) is 5.56 Å². The number of hydrogen-bond acceptors (Lipinski definition) is 6. The number of rotatable bonds is 8. The zero-order valence-corrected chi connectivity index (χ0v) is 24.5. The summed E-state index contributed by atoms with van der Waals surface area (Å²) in [7, 11) is 0. The van der Waals surface area contributed by atoms with Crippen LogP contribution >= 0.6 is 22.9 Å². The van der Waals surface area contributed by atoms with Crippen molar-refractivity contribution in [2.24, 2.45) is 5.92 Å². The van der Waals surface area contributed by atoms with Crippen LogP contribution < -0.4 is 14.8 Å². The Balaban J connectivity index is 1.41. The summed E-state index contributed by atoms with van der Waals surface area (Å²) in [6.45, 7) is 7.10. The second kappa shape index (κ2) is 11.3. The predicted molar refractivity (Wildman–Crippen MR) is 165 cm³/mol. The molecule has 0 unspecified atom stereocenters. The third-order valence-corrected chi connectivity index (χ3v) is 7.95. The average Bonchev–Trinajstić information content (AvgIpc) is 3.65. The molecule has 0 saturated carbocycles. The number of nitrogens with zero attached hydrogens (tertiary/aromatic N) is 5. The van der Waals surface area contributed by atoms with Crippen molar-refractivity contribution in [2.75, 3.05) is 6.61 Å². The van der Waals surface area contributed by atoms with E-state index in [1.165, 1.54) is 15.9 Å². The molecule has 0 amide bonds. The molecule has 3 heterocycles. The van der Waals surface area contributed by atoms with E-state index in [1.807, 2.05) is 78.5 Å². The Morgan fingerprint density at radius 2 is 1.76 bits per heavy atom. The summed E-state index contributed by atoms with van der Waals surface area (Å²) in [4.78, 5) is 18.5. The van der Waals surface area contributed by atoms with Gasteiger partial charge in [0.25, 0.3) is 5.56 Å². The third-order valence-electron chi connectivity index (χ3n) is 6.74. The number of thiazole rings is 1. The summed E-state index contributed by atoms with van der Waals surface area (Å²) in [6.07, 6.45) is 4.82. The van der Waals surface area contributed by atoms with Gasteiger partial charge in [0.1, 0.15) is 11.4 Å². The number of hydrogen-bond donors (Lipinski definition) is 0. The highest BCUT2D eigenvalue weighted by atomic mass is 35.5. The summed E-state index contributed by atoms with van der Waals surface area (Å²) < 4.78 is 9.75. The minimum atomic E-state index is -0.221. The molecule has 6 aromatic rings. The molecule has 41 heavy (non-hydrogen) atoms.